The number of anilines is 2. The van der Waals surface area contributed by atoms with Gasteiger partial charge in [0.25, 0.3) is 0 Å². The lowest BCUT2D eigenvalue weighted by atomic mass is 10.0. The van der Waals surface area contributed by atoms with Gasteiger partial charge in [-0.3, -0.25) is 0 Å². The van der Waals surface area contributed by atoms with E-state index in [2.05, 4.69) is 56.1 Å². The molecule has 0 unspecified atom stereocenters. The minimum absolute atomic E-state index is 0.364. The molecule has 2 atom stereocenters. The van der Waals surface area contributed by atoms with Gasteiger partial charge in [0.1, 0.15) is 11.8 Å². The fourth-order valence-electron chi connectivity index (χ4n) is 4.51. The molecule has 4 heterocycles. The number of fused-ring (bicyclic) bond motifs is 2. The van der Waals surface area contributed by atoms with Crippen molar-refractivity contribution in [1.82, 2.24) is 29.9 Å². The van der Waals surface area contributed by atoms with Gasteiger partial charge in [0.2, 0.25) is 5.95 Å². The third kappa shape index (κ3) is 4.53. The Morgan fingerprint density at radius 3 is 2.94 bits per heavy atom. The molecule has 0 saturated carbocycles. The molecule has 0 aliphatic carbocycles. The van der Waals surface area contributed by atoms with Crippen molar-refractivity contribution in [3.63, 3.8) is 0 Å². The first-order valence-electron chi connectivity index (χ1n) is 12.2. The highest BCUT2D eigenvalue weighted by Gasteiger charge is 2.16. The number of piperidine rings is 1. The van der Waals surface area contributed by atoms with Crippen LogP contribution in [-0.2, 0) is 6.42 Å². The van der Waals surface area contributed by atoms with Gasteiger partial charge in [-0.15, -0.1) is 0 Å². The maximum atomic E-state index is 9.91. The lowest BCUT2D eigenvalue weighted by Gasteiger charge is -2.23. The molecule has 1 aromatic carbocycles. The molecule has 3 aromatic heterocycles. The summed E-state index contributed by atoms with van der Waals surface area (Å²) in [7, 11) is 0. The molecule has 178 valence electrons. The predicted octanol–water partition coefficient (Wildman–Crippen LogP) is 3.25. The van der Waals surface area contributed by atoms with Gasteiger partial charge in [0.05, 0.1) is 17.3 Å². The number of aromatic nitrogens is 5. The molecule has 1 aliphatic rings. The van der Waals surface area contributed by atoms with Gasteiger partial charge >= 0.3 is 0 Å². The van der Waals surface area contributed by atoms with Crippen LogP contribution in [0.2, 0.25) is 0 Å². The van der Waals surface area contributed by atoms with Crippen molar-refractivity contribution in [3.8, 4) is 11.3 Å². The van der Waals surface area contributed by atoms with Crippen LogP contribution >= 0.6 is 0 Å². The summed E-state index contributed by atoms with van der Waals surface area (Å²) in [4.78, 5) is 13.9. The zero-order chi connectivity index (χ0) is 23.5. The van der Waals surface area contributed by atoms with E-state index in [1.807, 2.05) is 23.7 Å². The molecule has 34 heavy (non-hydrogen) atoms. The number of aliphatic hydroxyl groups is 1. The molecule has 1 aliphatic heterocycles. The molecule has 0 bridgehead atoms. The van der Waals surface area contributed by atoms with Gasteiger partial charge in [-0.1, -0.05) is 13.8 Å². The number of benzene rings is 1. The van der Waals surface area contributed by atoms with Crippen LogP contribution in [0.25, 0.3) is 27.7 Å². The molecule has 0 spiro atoms. The number of aryl methyl sites for hydroxylation is 1. The van der Waals surface area contributed by atoms with Gasteiger partial charge in [0, 0.05) is 36.3 Å². The lowest BCUT2D eigenvalue weighted by Crippen LogP contribution is -2.38. The van der Waals surface area contributed by atoms with E-state index in [1.165, 1.54) is 12.0 Å². The molecule has 0 amide bonds. The van der Waals surface area contributed by atoms with Crippen LogP contribution < -0.4 is 16.0 Å². The van der Waals surface area contributed by atoms with Gasteiger partial charge < -0.3 is 21.1 Å². The van der Waals surface area contributed by atoms with Crippen molar-refractivity contribution < 1.29 is 5.11 Å². The fourth-order valence-corrected chi connectivity index (χ4v) is 4.51. The molecule has 4 N–H and O–H groups in total. The molecule has 9 nitrogen and oxygen atoms in total. The predicted molar refractivity (Wildman–Crippen MR) is 135 cm³/mol. The third-order valence-electron chi connectivity index (χ3n) is 6.50. The molecule has 1 fully saturated rings. The Balaban J connectivity index is 1.48. The van der Waals surface area contributed by atoms with Crippen LogP contribution in [0.5, 0.6) is 0 Å². The smallest absolute Gasteiger partial charge is 0.223 e. The average molecular weight is 461 g/mol. The largest absolute Gasteiger partial charge is 0.391 e. The number of nitrogens with one attached hydrogen (secondary N) is 3. The van der Waals surface area contributed by atoms with Crippen molar-refractivity contribution in [2.75, 3.05) is 30.3 Å². The van der Waals surface area contributed by atoms with E-state index in [9.17, 15) is 5.11 Å². The Bertz CT molecular complexity index is 1280. The zero-order valence-corrected chi connectivity index (χ0v) is 19.8. The number of rotatable bonds is 8. The van der Waals surface area contributed by atoms with Crippen LogP contribution in [0.3, 0.4) is 0 Å². The Morgan fingerprint density at radius 2 is 2.15 bits per heavy atom. The summed E-state index contributed by atoms with van der Waals surface area (Å²) in [5.41, 5.74) is 5.06. The second kappa shape index (κ2) is 9.90. The highest BCUT2D eigenvalue weighted by Crippen LogP contribution is 2.30. The zero-order valence-electron chi connectivity index (χ0n) is 19.8. The minimum atomic E-state index is -0.411. The summed E-state index contributed by atoms with van der Waals surface area (Å²) in [6.45, 7) is 6.58. The average Bonchev–Trinajstić information content (AvgIpc) is 3.32. The normalized spacial score (nSPS) is 17.2. The van der Waals surface area contributed by atoms with E-state index in [-0.39, 0.29) is 0 Å². The number of aliphatic hydroxyl groups excluding tert-OH is 1. The fraction of sp³-hybridized carbons (Fsp3) is 0.440. The first-order valence-corrected chi connectivity index (χ1v) is 12.2. The Kier molecular flexibility index (Phi) is 6.55. The SMILES string of the molecule is CCc1cc(-c2ccc3c(NC[C@H](O)CC)ncnn23)cc2cnc(N[C@H]3CCCNC3)nc12. The lowest BCUT2D eigenvalue weighted by molar-refractivity contribution is 0.183. The minimum Gasteiger partial charge on any atom is -0.391 e. The van der Waals surface area contributed by atoms with Gasteiger partial charge in [-0.05, 0) is 62.1 Å². The second-order valence-electron chi connectivity index (χ2n) is 8.88. The van der Waals surface area contributed by atoms with Crippen molar-refractivity contribution in [1.29, 1.82) is 0 Å². The molecule has 0 radical (unpaired) electrons. The van der Waals surface area contributed by atoms with Crippen LogP contribution in [0.15, 0.2) is 36.8 Å². The second-order valence-corrected chi connectivity index (χ2v) is 8.88. The van der Waals surface area contributed by atoms with E-state index in [0.717, 1.165) is 53.6 Å². The topological polar surface area (TPSA) is 112 Å². The van der Waals surface area contributed by atoms with Gasteiger partial charge in [0.15, 0.2) is 5.82 Å². The quantitative estimate of drug-likeness (QED) is 0.317. The molecular formula is C25H32N8O. The van der Waals surface area contributed by atoms with E-state index < -0.39 is 6.10 Å². The molecule has 9 heteroatoms. The monoisotopic (exact) mass is 460 g/mol. The first kappa shape index (κ1) is 22.5. The van der Waals surface area contributed by atoms with E-state index in [4.69, 9.17) is 4.98 Å². The van der Waals surface area contributed by atoms with Gasteiger partial charge in [-0.2, -0.15) is 5.10 Å². The summed E-state index contributed by atoms with van der Waals surface area (Å²) < 4.78 is 1.89. The number of hydrogen-bond donors (Lipinski definition) is 4. The maximum absolute atomic E-state index is 9.91. The molecule has 4 aromatic rings. The van der Waals surface area contributed by atoms with Crippen LogP contribution in [0, 0.1) is 0 Å². The van der Waals surface area contributed by atoms with Gasteiger partial charge in [-0.25, -0.2) is 19.5 Å². The summed E-state index contributed by atoms with van der Waals surface area (Å²) in [6, 6.07) is 8.74. The van der Waals surface area contributed by atoms with Crippen molar-refractivity contribution >= 4 is 28.2 Å². The Hall–Kier alpha value is -3.30. The standard InChI is InChI=1S/C25H32N8O/c1-3-16-10-17(11-18-12-28-25(32-23(16)18)31-19-6-5-9-26-13-19)21-7-8-22-24(27-14-20(34)4-2)29-15-30-33(21)22/h7-8,10-12,15,19-20,26,34H,3-6,9,13-14H2,1-2H3,(H,27,29,30)(H,28,31,32)/t19-,20+/m0/s1. The first-order chi connectivity index (χ1) is 16.7. The Morgan fingerprint density at radius 1 is 1.24 bits per heavy atom. The van der Waals surface area contributed by atoms with Crippen LogP contribution in [0.1, 0.15) is 38.7 Å². The van der Waals surface area contributed by atoms with Crippen molar-refractivity contribution in [2.24, 2.45) is 0 Å². The van der Waals surface area contributed by atoms with E-state index in [1.54, 1.807) is 6.33 Å². The van der Waals surface area contributed by atoms with E-state index in [0.29, 0.717) is 30.8 Å². The molecule has 1 saturated heterocycles. The third-order valence-corrected chi connectivity index (χ3v) is 6.50. The summed E-state index contributed by atoms with van der Waals surface area (Å²) in [5.74, 6) is 1.40. The van der Waals surface area contributed by atoms with Crippen molar-refractivity contribution in [3.05, 3.63) is 42.4 Å². The Labute approximate surface area is 199 Å². The van der Waals surface area contributed by atoms with Crippen LogP contribution in [0.4, 0.5) is 11.8 Å². The highest BCUT2D eigenvalue weighted by atomic mass is 16.3. The summed E-state index contributed by atoms with van der Waals surface area (Å²) in [6.07, 6.45) is 6.89. The maximum Gasteiger partial charge on any atom is 0.223 e. The summed E-state index contributed by atoms with van der Waals surface area (Å²) >= 11 is 0. The van der Waals surface area contributed by atoms with E-state index >= 15 is 0 Å². The van der Waals surface area contributed by atoms with Crippen molar-refractivity contribution in [2.45, 2.75) is 51.7 Å². The number of nitrogens with zero attached hydrogens (tertiary/aromatic N) is 5. The molecule has 5 rings (SSSR count). The number of hydrogen-bond acceptors (Lipinski definition) is 8. The van der Waals surface area contributed by atoms with Crippen LogP contribution in [-0.4, -0.2) is 61.5 Å². The molecular weight excluding hydrogens is 428 g/mol. The summed E-state index contributed by atoms with van der Waals surface area (Å²) in [5, 5.41) is 25.6. The highest BCUT2D eigenvalue weighted by molar-refractivity contribution is 5.88.